The summed E-state index contributed by atoms with van der Waals surface area (Å²) in [6.07, 6.45) is 2.14. The Balaban J connectivity index is 1.84. The van der Waals surface area contributed by atoms with Gasteiger partial charge < -0.3 is 15.0 Å². The number of anilines is 1. The molecule has 23 heavy (non-hydrogen) atoms. The quantitative estimate of drug-likeness (QED) is 0.816. The Kier molecular flexibility index (Phi) is 6.36. The first-order valence-corrected chi connectivity index (χ1v) is 9.15. The summed E-state index contributed by atoms with van der Waals surface area (Å²) in [5.74, 6) is 0. The van der Waals surface area contributed by atoms with Crippen molar-refractivity contribution < 1.29 is 9.53 Å². The maximum Gasteiger partial charge on any atom is 0.321 e. The number of amides is 2. The molecule has 0 saturated carbocycles. The summed E-state index contributed by atoms with van der Waals surface area (Å²) in [5, 5.41) is 2.99. The zero-order valence-electron chi connectivity index (χ0n) is 14.6. The third kappa shape index (κ3) is 6.07. The second kappa shape index (κ2) is 8.06. The lowest BCUT2D eigenvalue weighted by Gasteiger charge is -2.31. The van der Waals surface area contributed by atoms with E-state index in [4.69, 9.17) is 4.74 Å². The van der Waals surface area contributed by atoms with Crippen LogP contribution in [0.4, 0.5) is 10.5 Å². The molecule has 128 valence electrons. The average molecular weight is 337 g/mol. The minimum Gasteiger partial charge on any atom is -0.378 e. The molecule has 5 heteroatoms. The Morgan fingerprint density at radius 1 is 1.26 bits per heavy atom. The standard InChI is InChI=1S/C18H28N2O2S/c1-5-22-15-10-12-20(13-11-15)17(21)19-14-6-8-16(9-7-14)23-18(2,3)4/h6-9,15H,5,10-13H2,1-4H3,(H,19,21). The zero-order chi connectivity index (χ0) is 16.9. The molecule has 1 aromatic carbocycles. The minimum absolute atomic E-state index is 0.0174. The molecule has 1 aliphatic heterocycles. The van der Waals surface area contributed by atoms with Crippen LogP contribution in [0.25, 0.3) is 0 Å². The largest absolute Gasteiger partial charge is 0.378 e. The number of ether oxygens (including phenoxy) is 1. The van der Waals surface area contributed by atoms with Crippen LogP contribution in [0.15, 0.2) is 29.2 Å². The molecule has 2 amide bonds. The highest BCUT2D eigenvalue weighted by molar-refractivity contribution is 8.00. The third-order valence-corrected chi connectivity index (χ3v) is 4.78. The van der Waals surface area contributed by atoms with E-state index in [1.807, 2.05) is 35.7 Å². The molecule has 1 saturated heterocycles. The lowest BCUT2D eigenvalue weighted by molar-refractivity contribution is 0.0232. The summed E-state index contributed by atoms with van der Waals surface area (Å²) in [5.41, 5.74) is 0.847. The predicted molar refractivity (Wildman–Crippen MR) is 97.3 cm³/mol. The van der Waals surface area contributed by atoms with E-state index >= 15 is 0 Å². The van der Waals surface area contributed by atoms with Crippen LogP contribution in [0.5, 0.6) is 0 Å². The molecule has 1 fully saturated rings. The lowest BCUT2D eigenvalue weighted by Crippen LogP contribution is -2.43. The van der Waals surface area contributed by atoms with E-state index in [1.165, 1.54) is 4.90 Å². The van der Waals surface area contributed by atoms with Gasteiger partial charge in [-0.2, -0.15) is 0 Å². The molecule has 0 spiro atoms. The lowest BCUT2D eigenvalue weighted by atomic mass is 10.1. The number of nitrogens with one attached hydrogen (secondary N) is 1. The fourth-order valence-corrected chi connectivity index (χ4v) is 3.60. The monoisotopic (exact) mass is 336 g/mol. The van der Waals surface area contributed by atoms with Crippen LogP contribution in [0.1, 0.15) is 40.5 Å². The van der Waals surface area contributed by atoms with Crippen molar-refractivity contribution in [1.82, 2.24) is 4.90 Å². The van der Waals surface area contributed by atoms with Gasteiger partial charge in [-0.1, -0.05) is 20.8 Å². The van der Waals surface area contributed by atoms with E-state index < -0.39 is 0 Å². The highest BCUT2D eigenvalue weighted by atomic mass is 32.2. The maximum atomic E-state index is 12.3. The molecule has 0 aromatic heterocycles. The Hall–Kier alpha value is -1.20. The van der Waals surface area contributed by atoms with Crippen molar-refractivity contribution in [2.24, 2.45) is 0 Å². The molecule has 0 atom stereocenters. The highest BCUT2D eigenvalue weighted by Gasteiger charge is 2.23. The number of urea groups is 1. The number of hydrogen-bond donors (Lipinski definition) is 1. The fourth-order valence-electron chi connectivity index (χ4n) is 2.62. The number of thioether (sulfide) groups is 1. The first-order valence-electron chi connectivity index (χ1n) is 8.34. The van der Waals surface area contributed by atoms with Crippen LogP contribution in [0, 0.1) is 0 Å². The molecule has 1 heterocycles. The van der Waals surface area contributed by atoms with Gasteiger partial charge in [-0.05, 0) is 44.0 Å². The summed E-state index contributed by atoms with van der Waals surface area (Å²) in [6, 6.07) is 8.05. The molecule has 0 aliphatic carbocycles. The van der Waals surface area contributed by atoms with Gasteiger partial charge in [0, 0.05) is 35.0 Å². The maximum absolute atomic E-state index is 12.3. The van der Waals surface area contributed by atoms with Gasteiger partial charge in [-0.15, -0.1) is 11.8 Å². The zero-order valence-corrected chi connectivity index (χ0v) is 15.4. The van der Waals surface area contributed by atoms with Crippen molar-refractivity contribution >= 4 is 23.5 Å². The first-order chi connectivity index (χ1) is 10.9. The molecular formula is C18H28N2O2S. The normalized spacial score (nSPS) is 16.4. The number of benzene rings is 1. The highest BCUT2D eigenvalue weighted by Crippen LogP contribution is 2.32. The summed E-state index contributed by atoms with van der Waals surface area (Å²) < 4.78 is 5.81. The van der Waals surface area contributed by atoms with E-state index in [9.17, 15) is 4.79 Å². The molecule has 1 aromatic rings. The molecule has 0 radical (unpaired) electrons. The van der Waals surface area contributed by atoms with Crippen LogP contribution in [-0.2, 0) is 4.74 Å². The van der Waals surface area contributed by atoms with Crippen LogP contribution in [0.3, 0.4) is 0 Å². The third-order valence-electron chi connectivity index (χ3n) is 3.66. The van der Waals surface area contributed by atoms with Crippen molar-refractivity contribution in [1.29, 1.82) is 0 Å². The predicted octanol–water partition coefficient (Wildman–Crippen LogP) is 4.61. The van der Waals surface area contributed by atoms with E-state index in [2.05, 4.69) is 38.2 Å². The molecule has 0 unspecified atom stereocenters. The van der Waals surface area contributed by atoms with Crippen molar-refractivity contribution in [3.63, 3.8) is 0 Å². The Labute approximate surface area is 144 Å². The molecule has 2 rings (SSSR count). The van der Waals surface area contributed by atoms with Crippen molar-refractivity contribution in [3.05, 3.63) is 24.3 Å². The van der Waals surface area contributed by atoms with Crippen molar-refractivity contribution in [2.75, 3.05) is 25.0 Å². The second-order valence-corrected chi connectivity index (χ2v) is 8.71. The van der Waals surface area contributed by atoms with Gasteiger partial charge in [-0.25, -0.2) is 4.79 Å². The van der Waals surface area contributed by atoms with Gasteiger partial charge in [0.15, 0.2) is 0 Å². The topological polar surface area (TPSA) is 41.6 Å². The summed E-state index contributed by atoms with van der Waals surface area (Å²) in [6.45, 7) is 10.9. The Morgan fingerprint density at radius 3 is 2.39 bits per heavy atom. The van der Waals surface area contributed by atoms with Crippen LogP contribution >= 0.6 is 11.8 Å². The van der Waals surface area contributed by atoms with Crippen molar-refractivity contribution in [3.8, 4) is 0 Å². The second-order valence-electron chi connectivity index (χ2n) is 6.81. The first kappa shape index (κ1) is 18.1. The number of hydrogen-bond acceptors (Lipinski definition) is 3. The van der Waals surface area contributed by atoms with Gasteiger partial charge in [0.1, 0.15) is 0 Å². The summed E-state index contributed by atoms with van der Waals surface area (Å²) in [7, 11) is 0. The van der Waals surface area contributed by atoms with Gasteiger partial charge in [-0.3, -0.25) is 0 Å². The molecule has 0 bridgehead atoms. The van der Waals surface area contributed by atoms with Crippen molar-refractivity contribution in [2.45, 2.75) is 56.3 Å². The van der Waals surface area contributed by atoms with Gasteiger partial charge in [0.05, 0.1) is 6.10 Å². The Bertz CT molecular complexity index is 503. The SMILES string of the molecule is CCOC1CCN(C(=O)Nc2ccc(SC(C)(C)C)cc2)CC1. The fraction of sp³-hybridized carbons (Fsp3) is 0.611. The van der Waals surface area contributed by atoms with E-state index in [-0.39, 0.29) is 10.8 Å². The van der Waals surface area contributed by atoms with Gasteiger partial charge >= 0.3 is 6.03 Å². The average Bonchev–Trinajstić information content (AvgIpc) is 2.49. The number of carbonyl (C=O) groups excluding carboxylic acids is 1. The van der Waals surface area contributed by atoms with E-state index in [0.717, 1.165) is 38.2 Å². The van der Waals surface area contributed by atoms with E-state index in [0.29, 0.717) is 6.10 Å². The minimum atomic E-state index is -0.0174. The summed E-state index contributed by atoms with van der Waals surface area (Å²) >= 11 is 1.82. The molecule has 1 N–H and O–H groups in total. The van der Waals surface area contributed by atoms with Gasteiger partial charge in [0.25, 0.3) is 0 Å². The number of rotatable bonds is 4. The molecule has 1 aliphatic rings. The number of carbonyl (C=O) groups is 1. The van der Waals surface area contributed by atoms with Gasteiger partial charge in [0.2, 0.25) is 0 Å². The molecular weight excluding hydrogens is 308 g/mol. The van der Waals surface area contributed by atoms with E-state index in [1.54, 1.807) is 0 Å². The summed E-state index contributed by atoms with van der Waals surface area (Å²) in [4.78, 5) is 15.4. The number of nitrogens with zero attached hydrogens (tertiary/aromatic N) is 1. The number of piperidine rings is 1. The molecule has 4 nitrogen and oxygen atoms in total. The van der Waals surface area contributed by atoms with Crippen LogP contribution in [0.2, 0.25) is 0 Å². The van der Waals surface area contributed by atoms with Crippen LogP contribution in [-0.4, -0.2) is 41.5 Å². The Morgan fingerprint density at radius 2 is 1.87 bits per heavy atom. The smallest absolute Gasteiger partial charge is 0.321 e. The van der Waals surface area contributed by atoms with Crippen LogP contribution < -0.4 is 5.32 Å². The number of likely N-dealkylation sites (tertiary alicyclic amines) is 1.